The number of thiol groups is 1. The predicted molar refractivity (Wildman–Crippen MR) is 52.8 cm³/mol. The van der Waals surface area contributed by atoms with E-state index in [0.717, 1.165) is 5.56 Å². The highest BCUT2D eigenvalue weighted by molar-refractivity contribution is 9.08. The van der Waals surface area contributed by atoms with Gasteiger partial charge in [-0.2, -0.15) is 0 Å². The summed E-state index contributed by atoms with van der Waals surface area (Å²) in [7, 11) is 1.49. The molecule has 1 aromatic rings. The fourth-order valence-electron chi connectivity index (χ4n) is 0.860. The van der Waals surface area contributed by atoms with Crippen LogP contribution in [-0.2, 0) is 5.33 Å². The van der Waals surface area contributed by atoms with Gasteiger partial charge in [0.2, 0.25) is 0 Å². The van der Waals surface area contributed by atoms with E-state index in [1.54, 1.807) is 6.07 Å². The lowest BCUT2D eigenvalue weighted by atomic mass is 10.2. The minimum absolute atomic E-state index is 0.252. The number of ether oxygens (including phenoxy) is 1. The zero-order valence-corrected chi connectivity index (χ0v) is 8.95. The topological polar surface area (TPSA) is 9.23 Å². The molecule has 0 N–H and O–H groups in total. The normalized spacial score (nSPS) is 10.0. The van der Waals surface area contributed by atoms with E-state index in [1.807, 2.05) is 0 Å². The Hall–Kier alpha value is -0.220. The van der Waals surface area contributed by atoms with Gasteiger partial charge in [0.25, 0.3) is 0 Å². The van der Waals surface area contributed by atoms with E-state index in [0.29, 0.717) is 11.1 Å². The molecule has 0 bridgehead atoms. The second kappa shape index (κ2) is 4.14. The van der Waals surface area contributed by atoms with E-state index in [-0.39, 0.29) is 10.7 Å². The van der Waals surface area contributed by atoms with Gasteiger partial charge in [-0.3, -0.25) is 0 Å². The van der Waals surface area contributed by atoms with Crippen molar-refractivity contribution in [3.63, 3.8) is 0 Å². The van der Waals surface area contributed by atoms with Crippen LogP contribution in [0.5, 0.6) is 5.75 Å². The quantitative estimate of drug-likeness (QED) is 0.628. The van der Waals surface area contributed by atoms with Gasteiger partial charge in [-0.05, 0) is 17.7 Å². The van der Waals surface area contributed by atoms with Crippen LogP contribution in [-0.4, -0.2) is 7.11 Å². The van der Waals surface area contributed by atoms with Crippen molar-refractivity contribution in [2.24, 2.45) is 0 Å². The molecule has 0 unspecified atom stereocenters. The van der Waals surface area contributed by atoms with Crippen LogP contribution in [0.1, 0.15) is 5.56 Å². The molecule has 0 aliphatic carbocycles. The van der Waals surface area contributed by atoms with Gasteiger partial charge in [0.15, 0.2) is 0 Å². The van der Waals surface area contributed by atoms with Crippen molar-refractivity contribution in [2.75, 3.05) is 7.11 Å². The molecule has 1 aromatic carbocycles. The molecule has 0 aromatic heterocycles. The standard InChI is InChI=1S/C8H8BrFOS/c1-11-7-3-5(4-9)2-6(10)8(7)12/h2-3,12H,4H2,1H3. The van der Waals surface area contributed by atoms with Gasteiger partial charge in [0.1, 0.15) is 11.6 Å². The molecule has 0 aliphatic heterocycles. The second-order valence-corrected chi connectivity index (χ2v) is 3.27. The van der Waals surface area contributed by atoms with Crippen LogP contribution in [0.4, 0.5) is 4.39 Å². The van der Waals surface area contributed by atoms with Gasteiger partial charge < -0.3 is 4.74 Å². The average molecular weight is 251 g/mol. The van der Waals surface area contributed by atoms with E-state index in [2.05, 4.69) is 28.6 Å². The molecular weight excluding hydrogens is 243 g/mol. The Morgan fingerprint density at radius 2 is 2.25 bits per heavy atom. The summed E-state index contributed by atoms with van der Waals surface area (Å²) in [5.41, 5.74) is 0.835. The Morgan fingerprint density at radius 3 is 2.75 bits per heavy atom. The highest BCUT2D eigenvalue weighted by Gasteiger charge is 2.06. The molecule has 0 fully saturated rings. The van der Waals surface area contributed by atoms with Crippen LogP contribution in [0, 0.1) is 5.82 Å². The van der Waals surface area contributed by atoms with E-state index in [4.69, 9.17) is 4.74 Å². The van der Waals surface area contributed by atoms with Gasteiger partial charge in [-0.1, -0.05) is 15.9 Å². The van der Waals surface area contributed by atoms with E-state index in [9.17, 15) is 4.39 Å². The Bertz CT molecular complexity index is 291. The van der Waals surface area contributed by atoms with Crippen molar-refractivity contribution < 1.29 is 9.13 Å². The molecule has 0 aliphatic rings. The second-order valence-electron chi connectivity index (χ2n) is 2.26. The fourth-order valence-corrected chi connectivity index (χ4v) is 1.40. The lowest BCUT2D eigenvalue weighted by Gasteiger charge is -2.06. The first-order chi connectivity index (χ1) is 5.69. The molecule has 66 valence electrons. The van der Waals surface area contributed by atoms with Crippen molar-refractivity contribution in [1.82, 2.24) is 0 Å². The van der Waals surface area contributed by atoms with Crippen molar-refractivity contribution in [3.05, 3.63) is 23.5 Å². The predicted octanol–water partition coefficient (Wildman–Crippen LogP) is 3.02. The number of methoxy groups -OCH3 is 1. The minimum atomic E-state index is -0.355. The van der Waals surface area contributed by atoms with Crippen molar-refractivity contribution >= 4 is 28.6 Å². The van der Waals surface area contributed by atoms with Crippen LogP contribution >= 0.6 is 28.6 Å². The molecular formula is C8H8BrFOS. The number of benzene rings is 1. The number of halogens is 2. The average Bonchev–Trinajstić information content (AvgIpc) is 2.09. The van der Waals surface area contributed by atoms with Crippen LogP contribution in [0.25, 0.3) is 0 Å². The van der Waals surface area contributed by atoms with Crippen LogP contribution in [0.2, 0.25) is 0 Å². The molecule has 0 saturated heterocycles. The first-order valence-electron chi connectivity index (χ1n) is 3.30. The van der Waals surface area contributed by atoms with Gasteiger partial charge >= 0.3 is 0 Å². The zero-order chi connectivity index (χ0) is 9.14. The summed E-state index contributed by atoms with van der Waals surface area (Å²) in [5.74, 6) is 0.111. The molecule has 12 heavy (non-hydrogen) atoms. The Labute approximate surface area is 84.5 Å². The van der Waals surface area contributed by atoms with Crippen LogP contribution < -0.4 is 4.74 Å². The molecule has 1 rings (SSSR count). The van der Waals surface area contributed by atoms with Gasteiger partial charge in [0.05, 0.1) is 12.0 Å². The summed E-state index contributed by atoms with van der Waals surface area (Å²) >= 11 is 7.19. The zero-order valence-electron chi connectivity index (χ0n) is 6.47. The maximum atomic E-state index is 13.0. The molecule has 0 amide bonds. The molecule has 4 heteroatoms. The molecule has 0 spiro atoms. The lowest BCUT2D eigenvalue weighted by molar-refractivity contribution is 0.397. The van der Waals surface area contributed by atoms with E-state index in [1.165, 1.54) is 13.2 Å². The van der Waals surface area contributed by atoms with Crippen molar-refractivity contribution in [2.45, 2.75) is 10.2 Å². The van der Waals surface area contributed by atoms with Gasteiger partial charge in [0, 0.05) is 5.33 Å². The van der Waals surface area contributed by atoms with Crippen molar-refractivity contribution in [3.8, 4) is 5.75 Å². The highest BCUT2D eigenvalue weighted by atomic mass is 79.9. The van der Waals surface area contributed by atoms with E-state index >= 15 is 0 Å². The summed E-state index contributed by atoms with van der Waals surface area (Å²) in [4.78, 5) is 0.252. The summed E-state index contributed by atoms with van der Waals surface area (Å²) < 4.78 is 18.0. The lowest BCUT2D eigenvalue weighted by Crippen LogP contribution is -1.90. The summed E-state index contributed by atoms with van der Waals surface area (Å²) in [6.07, 6.45) is 0. The number of alkyl halides is 1. The fraction of sp³-hybridized carbons (Fsp3) is 0.250. The Balaban J connectivity index is 3.19. The number of rotatable bonds is 2. The largest absolute Gasteiger partial charge is 0.495 e. The highest BCUT2D eigenvalue weighted by Crippen LogP contribution is 2.27. The van der Waals surface area contributed by atoms with Gasteiger partial charge in [-0.25, -0.2) is 4.39 Å². The smallest absolute Gasteiger partial charge is 0.140 e. The third-order valence-corrected chi connectivity index (χ3v) is 2.54. The Kier molecular flexibility index (Phi) is 3.40. The van der Waals surface area contributed by atoms with Crippen LogP contribution in [0.15, 0.2) is 17.0 Å². The SMILES string of the molecule is COc1cc(CBr)cc(F)c1S. The van der Waals surface area contributed by atoms with E-state index < -0.39 is 0 Å². The maximum absolute atomic E-state index is 13.0. The van der Waals surface area contributed by atoms with Crippen LogP contribution in [0.3, 0.4) is 0 Å². The summed E-state index contributed by atoms with van der Waals surface area (Å²) in [5, 5.41) is 0.605. The molecule has 0 atom stereocenters. The monoisotopic (exact) mass is 250 g/mol. The number of hydrogen-bond donors (Lipinski definition) is 1. The maximum Gasteiger partial charge on any atom is 0.140 e. The molecule has 0 radical (unpaired) electrons. The molecule has 0 heterocycles. The summed E-state index contributed by atoms with van der Waals surface area (Å²) in [6.45, 7) is 0. The first kappa shape index (κ1) is 9.86. The number of hydrogen-bond acceptors (Lipinski definition) is 2. The third-order valence-electron chi connectivity index (χ3n) is 1.46. The molecule has 0 saturated carbocycles. The Morgan fingerprint density at radius 1 is 1.58 bits per heavy atom. The molecule has 1 nitrogen and oxygen atoms in total. The third kappa shape index (κ3) is 1.93. The summed E-state index contributed by atoms with van der Waals surface area (Å²) in [6, 6.07) is 3.18. The first-order valence-corrected chi connectivity index (χ1v) is 4.87. The van der Waals surface area contributed by atoms with Crippen molar-refractivity contribution in [1.29, 1.82) is 0 Å². The minimum Gasteiger partial charge on any atom is -0.495 e. The van der Waals surface area contributed by atoms with Gasteiger partial charge in [-0.15, -0.1) is 12.6 Å².